The Morgan fingerprint density at radius 3 is 2.61 bits per heavy atom. The highest BCUT2D eigenvalue weighted by Gasteiger charge is 2.57. The maximum Gasteiger partial charge on any atom is 0.319 e. The van der Waals surface area contributed by atoms with E-state index < -0.39 is 23.3 Å². The Hall–Kier alpha value is -4.39. The number of benzene rings is 2. The second kappa shape index (κ2) is 13.9. The summed E-state index contributed by atoms with van der Waals surface area (Å²) in [5, 5.41) is 32.9. The Balaban J connectivity index is 1.17. The molecule has 3 N–H and O–H groups in total. The van der Waals surface area contributed by atoms with Crippen molar-refractivity contribution < 1.29 is 43.0 Å². The Morgan fingerprint density at radius 2 is 1.88 bits per heavy atom. The Kier molecular flexibility index (Phi) is 9.24. The van der Waals surface area contributed by atoms with Gasteiger partial charge in [-0.1, -0.05) is 18.4 Å². The highest BCUT2D eigenvalue weighted by Crippen LogP contribution is 2.55. The average molecular weight is 772 g/mol. The molecule has 3 aliphatic heterocycles. The molecule has 2 aromatic heterocycles. The first-order valence-corrected chi connectivity index (χ1v) is 19.5. The fourth-order valence-electron chi connectivity index (χ4n) is 10.3. The number of anilines is 1. The zero-order valence-electron chi connectivity index (χ0n) is 31.7. The summed E-state index contributed by atoms with van der Waals surface area (Å²) in [5.74, 6) is 0.694. The molecule has 14 heteroatoms. The molecule has 1 spiro atoms. The highest BCUT2D eigenvalue weighted by molar-refractivity contribution is 6.04. The van der Waals surface area contributed by atoms with E-state index in [1.807, 2.05) is 0 Å². The smallest absolute Gasteiger partial charge is 0.319 e. The summed E-state index contributed by atoms with van der Waals surface area (Å²) in [5.41, 5.74) is -1.69. The molecule has 56 heavy (non-hydrogen) atoms. The van der Waals surface area contributed by atoms with E-state index in [1.165, 1.54) is 31.4 Å². The highest BCUT2D eigenvalue weighted by atomic mass is 19.1. The number of aromatic nitrogens is 3. The van der Waals surface area contributed by atoms with Crippen LogP contribution in [0, 0.1) is 34.8 Å². The van der Waals surface area contributed by atoms with Crippen molar-refractivity contribution >= 4 is 27.5 Å². The monoisotopic (exact) mass is 771 g/mol. The molecular weight excluding hydrogens is 724 g/mol. The number of terminal acetylenes is 1. The number of fused-ring (bicyclic) bond motifs is 3. The van der Waals surface area contributed by atoms with Gasteiger partial charge in [-0.2, -0.15) is 9.97 Å². The Morgan fingerprint density at radius 1 is 1.07 bits per heavy atom. The first-order valence-electron chi connectivity index (χ1n) is 19.5. The minimum Gasteiger partial charge on any atom is -0.508 e. The van der Waals surface area contributed by atoms with Crippen molar-refractivity contribution in [1.82, 2.24) is 19.9 Å². The van der Waals surface area contributed by atoms with Crippen LogP contribution < -0.4 is 14.4 Å². The quantitative estimate of drug-likeness (QED) is 0.209. The van der Waals surface area contributed by atoms with Crippen molar-refractivity contribution in [3.8, 4) is 41.2 Å². The number of likely N-dealkylation sites (tertiary alicyclic amines) is 1. The van der Waals surface area contributed by atoms with Crippen molar-refractivity contribution in [2.75, 3.05) is 64.7 Å². The van der Waals surface area contributed by atoms with Crippen LogP contribution in [0.1, 0.15) is 57.4 Å². The molecule has 12 nitrogen and oxygen atoms in total. The minimum absolute atomic E-state index is 0.0124. The molecule has 2 aromatic carbocycles. The second-order valence-corrected chi connectivity index (χ2v) is 16.9. The standard InChI is InChI=1S/C42H47F2N5O7/c1-4-28-30(43)9-8-24-13-26(51)14-29(32(24)28)35-34(44)36-33(38(45-35)53-3)37(48-17-27(18-50)55-20-40(2,52)19-48)47-39(46-36)56-23-42-10-5-7-31(42)49(12-6-11-42)25-15-41(16-25)21-54-22-41/h1,8-9,13-14,25,27,31,50-52H,5-7,10-12,15-23H2,2-3H3/t27-,31-,40+,42-/m1/s1. The summed E-state index contributed by atoms with van der Waals surface area (Å²) < 4.78 is 56.3. The van der Waals surface area contributed by atoms with Crippen LogP contribution in [0.4, 0.5) is 14.6 Å². The maximum absolute atomic E-state index is 17.4. The van der Waals surface area contributed by atoms with Gasteiger partial charge in [0.05, 0.1) is 58.4 Å². The SMILES string of the molecule is C#Cc1c(F)ccc2cc(O)cc(-c3nc(OC)c4c(N5C[C@H](CO)OC[C@@](C)(O)C5)nc(OC[C@]56CCC[C@H]5N(C5CC7(COC7)C5)CCC6)nc4c3F)c12. The van der Waals surface area contributed by atoms with Gasteiger partial charge in [0, 0.05) is 40.4 Å². The van der Waals surface area contributed by atoms with E-state index in [0.29, 0.717) is 29.5 Å². The Labute approximate surface area is 323 Å². The normalized spacial score (nSPS) is 27.8. The molecule has 0 bridgehead atoms. The number of nitrogens with zero attached hydrogens (tertiary/aromatic N) is 5. The van der Waals surface area contributed by atoms with Crippen molar-refractivity contribution in [3.05, 3.63) is 41.5 Å². The van der Waals surface area contributed by atoms with E-state index in [4.69, 9.17) is 35.3 Å². The van der Waals surface area contributed by atoms with E-state index in [0.717, 1.165) is 64.7 Å². The topological polar surface area (TPSA) is 143 Å². The third-order valence-corrected chi connectivity index (χ3v) is 12.9. The number of halogens is 2. The predicted molar refractivity (Wildman–Crippen MR) is 204 cm³/mol. The van der Waals surface area contributed by atoms with Crippen molar-refractivity contribution in [2.24, 2.45) is 10.8 Å². The summed E-state index contributed by atoms with van der Waals surface area (Å²) >= 11 is 0. The van der Waals surface area contributed by atoms with E-state index in [1.54, 1.807) is 11.8 Å². The lowest BCUT2D eigenvalue weighted by atomic mass is 9.62. The molecule has 5 fully saturated rings. The molecule has 2 aliphatic carbocycles. The number of piperidine rings is 1. The van der Waals surface area contributed by atoms with Crippen LogP contribution in [0.2, 0.25) is 0 Å². The molecule has 3 saturated heterocycles. The van der Waals surface area contributed by atoms with Crippen molar-refractivity contribution in [3.63, 3.8) is 0 Å². The van der Waals surface area contributed by atoms with E-state index in [-0.39, 0.29) is 88.3 Å². The predicted octanol–water partition coefficient (Wildman–Crippen LogP) is 4.96. The molecule has 0 amide bonds. The number of β-amino-alcohol motifs (C(OH)–C–C–N with tert-alkyl or cyclic N) is 1. The third kappa shape index (κ3) is 6.19. The molecule has 0 unspecified atom stereocenters. The summed E-state index contributed by atoms with van der Waals surface area (Å²) in [6.07, 6.45) is 12.6. The molecule has 5 aliphatic rings. The van der Waals surface area contributed by atoms with Gasteiger partial charge in [-0.05, 0) is 75.6 Å². The fraction of sp³-hybridized carbons (Fsp3) is 0.548. The lowest BCUT2D eigenvalue weighted by molar-refractivity contribution is -0.196. The van der Waals surface area contributed by atoms with E-state index >= 15 is 8.78 Å². The molecule has 296 valence electrons. The summed E-state index contributed by atoms with van der Waals surface area (Å²) in [4.78, 5) is 18.6. The summed E-state index contributed by atoms with van der Waals surface area (Å²) in [6.45, 7) is 4.45. The number of hydrogen-bond acceptors (Lipinski definition) is 12. The Bertz CT molecular complexity index is 2240. The number of phenolic OH excluding ortho intramolecular Hbond substituents is 1. The fourth-order valence-corrected chi connectivity index (χ4v) is 10.3. The number of hydrogen-bond donors (Lipinski definition) is 3. The molecule has 4 atom stereocenters. The van der Waals surface area contributed by atoms with Gasteiger partial charge in [0.2, 0.25) is 5.88 Å². The van der Waals surface area contributed by atoms with E-state index in [2.05, 4.69) is 15.8 Å². The van der Waals surface area contributed by atoms with Crippen LogP contribution in [0.25, 0.3) is 32.9 Å². The number of aliphatic hydroxyl groups excluding tert-OH is 1. The average Bonchev–Trinajstić information content (AvgIpc) is 3.52. The number of phenols is 1. The van der Waals surface area contributed by atoms with Gasteiger partial charge in [-0.25, -0.2) is 13.8 Å². The summed E-state index contributed by atoms with van der Waals surface area (Å²) in [7, 11) is 1.37. The first-order chi connectivity index (χ1) is 27.0. The second-order valence-electron chi connectivity index (χ2n) is 16.9. The number of pyridine rings is 1. The van der Waals surface area contributed by atoms with E-state index in [9.17, 15) is 15.3 Å². The van der Waals surface area contributed by atoms with Gasteiger partial charge in [0.25, 0.3) is 0 Å². The molecule has 9 rings (SSSR count). The van der Waals surface area contributed by atoms with Crippen LogP contribution in [-0.2, 0) is 9.47 Å². The number of aliphatic hydroxyl groups is 2. The van der Waals surface area contributed by atoms with Gasteiger partial charge in [-0.15, -0.1) is 6.42 Å². The third-order valence-electron chi connectivity index (χ3n) is 12.9. The minimum atomic E-state index is -1.37. The van der Waals surface area contributed by atoms with Crippen LogP contribution in [0.5, 0.6) is 17.6 Å². The number of methoxy groups -OCH3 is 1. The number of aromatic hydroxyl groups is 1. The molecule has 5 heterocycles. The summed E-state index contributed by atoms with van der Waals surface area (Å²) in [6, 6.07) is 6.16. The molecule has 0 radical (unpaired) electrons. The number of rotatable bonds is 8. The van der Waals surface area contributed by atoms with Crippen LogP contribution >= 0.6 is 0 Å². The van der Waals surface area contributed by atoms with Gasteiger partial charge >= 0.3 is 6.01 Å². The first kappa shape index (κ1) is 37.2. The van der Waals surface area contributed by atoms with Crippen LogP contribution in [0.15, 0.2) is 24.3 Å². The molecule has 2 saturated carbocycles. The van der Waals surface area contributed by atoms with Gasteiger partial charge in [-0.3, -0.25) is 4.90 Å². The lowest BCUT2D eigenvalue weighted by Gasteiger charge is -2.60. The van der Waals surface area contributed by atoms with Crippen LogP contribution in [0.3, 0.4) is 0 Å². The molecule has 4 aromatic rings. The van der Waals surface area contributed by atoms with Crippen molar-refractivity contribution in [1.29, 1.82) is 0 Å². The van der Waals surface area contributed by atoms with Crippen molar-refractivity contribution in [2.45, 2.75) is 75.7 Å². The van der Waals surface area contributed by atoms with Gasteiger partial charge < -0.3 is 39.2 Å². The maximum atomic E-state index is 17.4. The zero-order valence-corrected chi connectivity index (χ0v) is 31.7. The molecular formula is C42H47F2N5O7. The van der Waals surface area contributed by atoms with Crippen LogP contribution in [-0.4, -0.2) is 119 Å². The van der Waals surface area contributed by atoms with Gasteiger partial charge in [0.15, 0.2) is 5.82 Å². The number of ether oxygens (including phenoxy) is 4. The van der Waals surface area contributed by atoms with Gasteiger partial charge in [0.1, 0.15) is 39.6 Å². The zero-order chi connectivity index (χ0) is 39.0. The largest absolute Gasteiger partial charge is 0.508 e. The lowest BCUT2D eigenvalue weighted by Crippen LogP contribution is -2.64.